The van der Waals surface area contributed by atoms with Gasteiger partial charge in [0.25, 0.3) is 5.91 Å². The van der Waals surface area contributed by atoms with Crippen molar-refractivity contribution in [2.24, 2.45) is 0 Å². The van der Waals surface area contributed by atoms with Crippen molar-refractivity contribution < 1.29 is 14.6 Å². The second kappa shape index (κ2) is 5.37. The van der Waals surface area contributed by atoms with Gasteiger partial charge in [-0.2, -0.15) is 0 Å². The molecule has 1 aliphatic rings. The Morgan fingerprint density at radius 2 is 2.33 bits per heavy atom. The van der Waals surface area contributed by atoms with Crippen molar-refractivity contribution in [2.45, 2.75) is 12.0 Å². The molecule has 1 fully saturated rings. The quantitative estimate of drug-likeness (QED) is 0.711. The van der Waals surface area contributed by atoms with E-state index in [9.17, 15) is 9.90 Å². The summed E-state index contributed by atoms with van der Waals surface area (Å²) in [4.78, 5) is 12.0. The van der Waals surface area contributed by atoms with Gasteiger partial charge in [-0.25, -0.2) is 0 Å². The van der Waals surface area contributed by atoms with Crippen LogP contribution in [0.2, 0.25) is 0 Å². The van der Waals surface area contributed by atoms with Crippen molar-refractivity contribution in [3.8, 4) is 5.75 Å². The number of carbonyl (C=O) groups is 1. The summed E-state index contributed by atoms with van der Waals surface area (Å²) >= 11 is 0. The van der Waals surface area contributed by atoms with Gasteiger partial charge in [-0.15, -0.1) is 0 Å². The lowest BCUT2D eigenvalue weighted by Gasteiger charge is -2.21. The summed E-state index contributed by atoms with van der Waals surface area (Å²) in [5.41, 5.74) is -0.355. The minimum atomic E-state index is -0.836. The van der Waals surface area contributed by atoms with Gasteiger partial charge in [0, 0.05) is 13.1 Å². The van der Waals surface area contributed by atoms with Crippen molar-refractivity contribution in [3.05, 3.63) is 29.8 Å². The van der Waals surface area contributed by atoms with Gasteiger partial charge in [-0.05, 0) is 25.1 Å². The standard InChI is InChI=1S/C13H18N2O3/c1-18-11-5-3-2-4-10(11)12(16)15-9-13(17)6-7-14-8-13/h2-5,14,17H,6-9H2,1H3,(H,15,16). The molecule has 5 heteroatoms. The summed E-state index contributed by atoms with van der Waals surface area (Å²) in [5, 5.41) is 15.9. The second-order valence-electron chi connectivity index (χ2n) is 4.53. The number of β-amino-alcohol motifs (C(OH)–C–C–N with tert-alkyl or cyclic N) is 1. The lowest BCUT2D eigenvalue weighted by molar-refractivity contribution is 0.0561. The summed E-state index contributed by atoms with van der Waals surface area (Å²) in [6.07, 6.45) is 0.652. The lowest BCUT2D eigenvalue weighted by Crippen LogP contribution is -2.44. The topological polar surface area (TPSA) is 70.6 Å². The smallest absolute Gasteiger partial charge is 0.255 e. The molecule has 0 aliphatic carbocycles. The van der Waals surface area contributed by atoms with Crippen LogP contribution in [0.5, 0.6) is 5.75 Å². The number of amides is 1. The Morgan fingerprint density at radius 3 is 3.00 bits per heavy atom. The molecule has 1 aliphatic heterocycles. The molecule has 1 unspecified atom stereocenters. The molecule has 1 saturated heterocycles. The highest BCUT2D eigenvalue weighted by Gasteiger charge is 2.31. The molecule has 0 radical (unpaired) electrons. The molecule has 1 aromatic rings. The SMILES string of the molecule is COc1ccccc1C(=O)NCC1(O)CCNC1. The summed E-state index contributed by atoms with van der Waals surface area (Å²) < 4.78 is 5.13. The predicted molar refractivity (Wildman–Crippen MR) is 67.8 cm³/mol. The van der Waals surface area contributed by atoms with Crippen molar-refractivity contribution in [1.82, 2.24) is 10.6 Å². The van der Waals surface area contributed by atoms with Gasteiger partial charge in [0.1, 0.15) is 5.75 Å². The van der Waals surface area contributed by atoms with Crippen LogP contribution in [0.1, 0.15) is 16.8 Å². The van der Waals surface area contributed by atoms with Gasteiger partial charge in [0.05, 0.1) is 18.3 Å². The number of carbonyl (C=O) groups excluding carboxylic acids is 1. The van der Waals surface area contributed by atoms with Crippen molar-refractivity contribution in [2.75, 3.05) is 26.7 Å². The Morgan fingerprint density at radius 1 is 1.56 bits per heavy atom. The molecule has 3 N–H and O–H groups in total. The zero-order chi connectivity index (χ0) is 13.0. The first-order valence-corrected chi connectivity index (χ1v) is 5.99. The number of ether oxygens (including phenoxy) is 1. The average Bonchev–Trinajstić information content (AvgIpc) is 2.83. The molecule has 5 nitrogen and oxygen atoms in total. The van der Waals surface area contributed by atoms with Crippen molar-refractivity contribution in [1.29, 1.82) is 0 Å². The number of hydrogen-bond donors (Lipinski definition) is 3. The van der Waals surface area contributed by atoms with Crippen LogP contribution in [-0.2, 0) is 0 Å². The Labute approximate surface area is 106 Å². The van der Waals surface area contributed by atoms with E-state index in [4.69, 9.17) is 4.74 Å². The maximum absolute atomic E-state index is 12.0. The first kappa shape index (κ1) is 12.9. The summed E-state index contributed by atoms with van der Waals surface area (Å²) in [6, 6.07) is 7.03. The molecular formula is C13H18N2O3. The Kier molecular flexibility index (Phi) is 3.84. The van der Waals surface area contributed by atoms with Gasteiger partial charge >= 0.3 is 0 Å². The van der Waals surface area contributed by atoms with Crippen molar-refractivity contribution in [3.63, 3.8) is 0 Å². The van der Waals surface area contributed by atoms with E-state index < -0.39 is 5.60 Å². The van der Waals surface area contributed by atoms with Crippen LogP contribution >= 0.6 is 0 Å². The third-order valence-corrected chi connectivity index (χ3v) is 3.15. The monoisotopic (exact) mass is 250 g/mol. The fourth-order valence-corrected chi connectivity index (χ4v) is 2.05. The minimum Gasteiger partial charge on any atom is -0.496 e. The van der Waals surface area contributed by atoms with E-state index in [1.54, 1.807) is 18.2 Å². The molecule has 1 aromatic carbocycles. The molecule has 0 spiro atoms. The first-order chi connectivity index (χ1) is 8.64. The van der Waals surface area contributed by atoms with Crippen LogP contribution in [0.4, 0.5) is 0 Å². The van der Waals surface area contributed by atoms with E-state index >= 15 is 0 Å². The number of rotatable bonds is 4. The molecule has 1 amide bonds. The van der Waals surface area contributed by atoms with E-state index in [1.165, 1.54) is 7.11 Å². The largest absolute Gasteiger partial charge is 0.496 e. The molecule has 0 bridgehead atoms. The highest BCUT2D eigenvalue weighted by atomic mass is 16.5. The molecule has 1 atom stereocenters. The molecule has 98 valence electrons. The van der Waals surface area contributed by atoms with E-state index in [1.807, 2.05) is 6.07 Å². The number of methoxy groups -OCH3 is 1. The van der Waals surface area contributed by atoms with E-state index in [0.29, 0.717) is 24.3 Å². The van der Waals surface area contributed by atoms with Crippen molar-refractivity contribution >= 4 is 5.91 Å². The van der Waals surface area contributed by atoms with Crippen LogP contribution in [0.25, 0.3) is 0 Å². The molecule has 0 aromatic heterocycles. The van der Waals surface area contributed by atoms with Gasteiger partial charge in [-0.3, -0.25) is 4.79 Å². The molecule has 2 rings (SSSR count). The normalized spacial score (nSPS) is 22.8. The highest BCUT2D eigenvalue weighted by Crippen LogP contribution is 2.18. The zero-order valence-electron chi connectivity index (χ0n) is 10.4. The number of nitrogens with one attached hydrogen (secondary N) is 2. The fourth-order valence-electron chi connectivity index (χ4n) is 2.05. The average molecular weight is 250 g/mol. The van der Waals surface area contributed by atoms with E-state index in [-0.39, 0.29) is 12.5 Å². The summed E-state index contributed by atoms with van der Waals surface area (Å²) in [6.45, 7) is 1.54. The Balaban J connectivity index is 1.99. The third kappa shape index (κ3) is 2.80. The highest BCUT2D eigenvalue weighted by molar-refractivity contribution is 5.96. The zero-order valence-corrected chi connectivity index (χ0v) is 10.4. The molecule has 1 heterocycles. The predicted octanol–water partition coefficient (Wildman–Crippen LogP) is 0.149. The first-order valence-electron chi connectivity index (χ1n) is 5.99. The number of para-hydroxylation sites is 1. The Hall–Kier alpha value is -1.59. The van der Waals surface area contributed by atoms with E-state index in [0.717, 1.165) is 6.54 Å². The summed E-state index contributed by atoms with van der Waals surface area (Å²) in [5.74, 6) is 0.305. The van der Waals surface area contributed by atoms with Crippen LogP contribution in [0, 0.1) is 0 Å². The number of benzene rings is 1. The van der Waals surface area contributed by atoms with Gasteiger partial charge in [-0.1, -0.05) is 12.1 Å². The van der Waals surface area contributed by atoms with Gasteiger partial charge in [0.15, 0.2) is 0 Å². The maximum Gasteiger partial charge on any atom is 0.255 e. The van der Waals surface area contributed by atoms with E-state index in [2.05, 4.69) is 10.6 Å². The molecule has 0 saturated carbocycles. The Bertz CT molecular complexity index is 428. The van der Waals surface area contributed by atoms with Gasteiger partial charge in [0.2, 0.25) is 0 Å². The second-order valence-corrected chi connectivity index (χ2v) is 4.53. The fraction of sp³-hybridized carbons (Fsp3) is 0.462. The number of aliphatic hydroxyl groups is 1. The van der Waals surface area contributed by atoms with Gasteiger partial charge < -0.3 is 20.5 Å². The van der Waals surface area contributed by atoms with Crippen LogP contribution in [-0.4, -0.2) is 43.4 Å². The van der Waals surface area contributed by atoms with Crippen LogP contribution in [0.15, 0.2) is 24.3 Å². The lowest BCUT2D eigenvalue weighted by atomic mass is 10.0. The maximum atomic E-state index is 12.0. The van der Waals surface area contributed by atoms with Crippen LogP contribution in [0.3, 0.4) is 0 Å². The van der Waals surface area contributed by atoms with Crippen LogP contribution < -0.4 is 15.4 Å². The third-order valence-electron chi connectivity index (χ3n) is 3.15. The summed E-state index contributed by atoms with van der Waals surface area (Å²) in [7, 11) is 1.53. The minimum absolute atomic E-state index is 0.229. The number of hydrogen-bond acceptors (Lipinski definition) is 4. The molecule has 18 heavy (non-hydrogen) atoms. The molecular weight excluding hydrogens is 232 g/mol.